The van der Waals surface area contributed by atoms with E-state index in [1.807, 2.05) is 37.4 Å². The van der Waals surface area contributed by atoms with Gasteiger partial charge in [-0.3, -0.25) is 4.79 Å². The predicted octanol–water partition coefficient (Wildman–Crippen LogP) is 3.15. The summed E-state index contributed by atoms with van der Waals surface area (Å²) in [5.41, 5.74) is 0.876. The lowest BCUT2D eigenvalue weighted by Crippen LogP contribution is -2.10. The number of amides is 1. The van der Waals surface area contributed by atoms with Crippen LogP contribution in [0.25, 0.3) is 0 Å². The minimum atomic E-state index is 0.0874. The van der Waals surface area contributed by atoms with Crippen molar-refractivity contribution < 1.29 is 4.79 Å². The molecule has 1 aromatic carbocycles. The number of hydrogen-bond donors (Lipinski definition) is 1. The van der Waals surface area contributed by atoms with Gasteiger partial charge in [0.15, 0.2) is 0 Å². The number of hydrogen-bond acceptors (Lipinski definition) is 2. The van der Waals surface area contributed by atoms with E-state index in [0.717, 1.165) is 12.1 Å². The van der Waals surface area contributed by atoms with E-state index in [9.17, 15) is 4.79 Å². The number of anilines is 1. The molecule has 0 bridgehead atoms. The van der Waals surface area contributed by atoms with Crippen molar-refractivity contribution in [1.29, 1.82) is 0 Å². The molecule has 0 fully saturated rings. The highest BCUT2D eigenvalue weighted by Crippen LogP contribution is 2.17. The molecule has 0 unspecified atom stereocenters. The smallest absolute Gasteiger partial charge is 0.224 e. The molecular weight excluding hydrogens is 194 g/mol. The lowest BCUT2D eigenvalue weighted by Gasteiger charge is -2.04. The number of carbonyl (C=O) groups is 1. The average molecular weight is 209 g/mol. The number of benzene rings is 1. The van der Waals surface area contributed by atoms with Crippen molar-refractivity contribution in [3.8, 4) is 0 Å². The first-order valence-corrected chi connectivity index (χ1v) is 5.92. The molecule has 0 heterocycles. The summed E-state index contributed by atoms with van der Waals surface area (Å²) in [5, 5.41) is 2.85. The number of rotatable bonds is 4. The summed E-state index contributed by atoms with van der Waals surface area (Å²) in [6.07, 6.45) is 3.50. The quantitative estimate of drug-likeness (QED) is 0.772. The van der Waals surface area contributed by atoms with Gasteiger partial charge in [0.2, 0.25) is 5.91 Å². The van der Waals surface area contributed by atoms with Gasteiger partial charge in [0.1, 0.15) is 0 Å². The molecule has 0 saturated carbocycles. The molecule has 76 valence electrons. The van der Waals surface area contributed by atoms with Gasteiger partial charge in [0.05, 0.1) is 0 Å². The predicted molar refractivity (Wildman–Crippen MR) is 61.8 cm³/mol. The van der Waals surface area contributed by atoms with Gasteiger partial charge in [0.25, 0.3) is 0 Å². The SMILES string of the molecule is CCCC(=O)Nc1ccc(SC)cc1. The molecule has 0 atom stereocenters. The van der Waals surface area contributed by atoms with Crippen LogP contribution in [0.5, 0.6) is 0 Å². The first-order chi connectivity index (χ1) is 6.76. The van der Waals surface area contributed by atoms with Gasteiger partial charge in [-0.15, -0.1) is 11.8 Å². The van der Waals surface area contributed by atoms with Gasteiger partial charge in [-0.2, -0.15) is 0 Å². The maximum Gasteiger partial charge on any atom is 0.224 e. The Hall–Kier alpha value is -0.960. The largest absolute Gasteiger partial charge is 0.326 e. The Morgan fingerprint density at radius 3 is 2.50 bits per heavy atom. The lowest BCUT2D eigenvalue weighted by molar-refractivity contribution is -0.116. The number of thioether (sulfide) groups is 1. The summed E-state index contributed by atoms with van der Waals surface area (Å²) < 4.78 is 0. The fourth-order valence-corrected chi connectivity index (χ4v) is 1.53. The van der Waals surface area contributed by atoms with Crippen LogP contribution in [-0.2, 0) is 4.79 Å². The van der Waals surface area contributed by atoms with Crippen LogP contribution in [0.3, 0.4) is 0 Å². The molecule has 1 aromatic rings. The molecular formula is C11H15NOS. The summed E-state index contributed by atoms with van der Waals surface area (Å²) >= 11 is 1.69. The molecule has 1 N–H and O–H groups in total. The fourth-order valence-electron chi connectivity index (χ4n) is 1.12. The molecule has 0 aliphatic rings. The normalized spacial score (nSPS) is 9.86. The van der Waals surface area contributed by atoms with Crippen molar-refractivity contribution in [2.24, 2.45) is 0 Å². The van der Waals surface area contributed by atoms with E-state index < -0.39 is 0 Å². The molecule has 0 radical (unpaired) electrons. The van der Waals surface area contributed by atoms with E-state index in [0.29, 0.717) is 6.42 Å². The Morgan fingerprint density at radius 1 is 1.36 bits per heavy atom. The van der Waals surface area contributed by atoms with Crippen LogP contribution in [0.4, 0.5) is 5.69 Å². The zero-order valence-electron chi connectivity index (χ0n) is 8.54. The van der Waals surface area contributed by atoms with Crippen molar-refractivity contribution >= 4 is 23.4 Å². The van der Waals surface area contributed by atoms with E-state index in [4.69, 9.17) is 0 Å². The Bertz CT molecular complexity index is 295. The third-order valence-corrected chi connectivity index (χ3v) is 2.59. The zero-order chi connectivity index (χ0) is 10.4. The van der Waals surface area contributed by atoms with Crippen LogP contribution in [0.1, 0.15) is 19.8 Å². The van der Waals surface area contributed by atoms with E-state index in [-0.39, 0.29) is 5.91 Å². The monoisotopic (exact) mass is 209 g/mol. The second-order valence-electron chi connectivity index (χ2n) is 3.03. The number of nitrogens with one attached hydrogen (secondary N) is 1. The second kappa shape index (κ2) is 5.70. The Kier molecular flexibility index (Phi) is 4.53. The highest BCUT2D eigenvalue weighted by Gasteiger charge is 1.99. The third kappa shape index (κ3) is 3.42. The minimum absolute atomic E-state index is 0.0874. The molecule has 0 aliphatic carbocycles. The van der Waals surface area contributed by atoms with Crippen LogP contribution < -0.4 is 5.32 Å². The molecule has 0 spiro atoms. The summed E-state index contributed by atoms with van der Waals surface area (Å²) in [6.45, 7) is 2.00. The second-order valence-corrected chi connectivity index (χ2v) is 3.91. The van der Waals surface area contributed by atoms with Crippen molar-refractivity contribution in [2.75, 3.05) is 11.6 Å². The minimum Gasteiger partial charge on any atom is -0.326 e. The molecule has 0 saturated heterocycles. The summed E-state index contributed by atoms with van der Waals surface area (Å²) in [7, 11) is 0. The molecule has 3 heteroatoms. The first kappa shape index (κ1) is 11.1. The highest BCUT2D eigenvalue weighted by atomic mass is 32.2. The topological polar surface area (TPSA) is 29.1 Å². The molecule has 1 amide bonds. The van der Waals surface area contributed by atoms with Crippen LogP contribution in [0.2, 0.25) is 0 Å². The maximum atomic E-state index is 11.3. The summed E-state index contributed by atoms with van der Waals surface area (Å²) in [5.74, 6) is 0.0874. The molecule has 0 aliphatic heterocycles. The van der Waals surface area contributed by atoms with Crippen molar-refractivity contribution in [2.45, 2.75) is 24.7 Å². The van der Waals surface area contributed by atoms with E-state index >= 15 is 0 Å². The number of carbonyl (C=O) groups excluding carboxylic acids is 1. The molecule has 14 heavy (non-hydrogen) atoms. The van der Waals surface area contributed by atoms with Gasteiger partial charge in [-0.25, -0.2) is 0 Å². The van der Waals surface area contributed by atoms with Crippen molar-refractivity contribution in [3.05, 3.63) is 24.3 Å². The van der Waals surface area contributed by atoms with Crippen LogP contribution >= 0.6 is 11.8 Å². The molecule has 2 nitrogen and oxygen atoms in total. The molecule has 0 aromatic heterocycles. The van der Waals surface area contributed by atoms with Gasteiger partial charge < -0.3 is 5.32 Å². The Labute approximate surface area is 89.1 Å². The van der Waals surface area contributed by atoms with Gasteiger partial charge in [-0.05, 0) is 36.9 Å². The molecule has 1 rings (SSSR count). The van der Waals surface area contributed by atoms with Gasteiger partial charge >= 0.3 is 0 Å². The van der Waals surface area contributed by atoms with Gasteiger partial charge in [-0.1, -0.05) is 6.92 Å². The third-order valence-electron chi connectivity index (χ3n) is 1.85. The highest BCUT2D eigenvalue weighted by molar-refractivity contribution is 7.98. The van der Waals surface area contributed by atoms with Gasteiger partial charge in [0, 0.05) is 17.0 Å². The van der Waals surface area contributed by atoms with Crippen molar-refractivity contribution in [3.63, 3.8) is 0 Å². The summed E-state index contributed by atoms with van der Waals surface area (Å²) in [6, 6.07) is 7.87. The van der Waals surface area contributed by atoms with Crippen LogP contribution in [0.15, 0.2) is 29.2 Å². The van der Waals surface area contributed by atoms with E-state index in [2.05, 4.69) is 5.32 Å². The zero-order valence-corrected chi connectivity index (χ0v) is 9.36. The Morgan fingerprint density at radius 2 is 2.00 bits per heavy atom. The van der Waals surface area contributed by atoms with Crippen LogP contribution in [0, 0.1) is 0 Å². The lowest BCUT2D eigenvalue weighted by atomic mass is 10.3. The fraction of sp³-hybridized carbons (Fsp3) is 0.364. The van der Waals surface area contributed by atoms with Crippen molar-refractivity contribution in [1.82, 2.24) is 0 Å². The standard InChI is InChI=1S/C11H15NOS/c1-3-4-11(13)12-9-5-7-10(14-2)8-6-9/h5-8H,3-4H2,1-2H3,(H,12,13). The summed E-state index contributed by atoms with van der Waals surface area (Å²) in [4.78, 5) is 12.5. The Balaban J connectivity index is 2.55. The average Bonchev–Trinajstić information content (AvgIpc) is 2.19. The maximum absolute atomic E-state index is 11.3. The van der Waals surface area contributed by atoms with E-state index in [1.54, 1.807) is 11.8 Å². The van der Waals surface area contributed by atoms with Crippen LogP contribution in [-0.4, -0.2) is 12.2 Å². The van der Waals surface area contributed by atoms with E-state index in [1.165, 1.54) is 4.90 Å². The first-order valence-electron chi connectivity index (χ1n) is 4.70.